The largest absolute Gasteiger partial charge is 1.00 e. The van der Waals surface area contributed by atoms with Crippen molar-refractivity contribution >= 4 is 23.0 Å². The van der Waals surface area contributed by atoms with Crippen molar-refractivity contribution < 1.29 is 71.2 Å². The van der Waals surface area contributed by atoms with Gasteiger partial charge in [-0.05, 0) is 58.1 Å². The van der Waals surface area contributed by atoms with Gasteiger partial charge in [0.05, 0.1) is 24.0 Å². The zero-order chi connectivity index (χ0) is 30.1. The average Bonchev–Trinajstić information content (AvgIpc) is 3.76. The minimum absolute atomic E-state index is 0. The van der Waals surface area contributed by atoms with Crippen molar-refractivity contribution in [1.29, 1.82) is 0 Å². The van der Waals surface area contributed by atoms with Crippen molar-refractivity contribution in [3.05, 3.63) is 74.8 Å². The summed E-state index contributed by atoms with van der Waals surface area (Å²) < 4.78 is 9.68. The molecule has 1 aromatic carbocycles. The van der Waals surface area contributed by atoms with Gasteiger partial charge >= 0.3 is 51.4 Å². The smallest absolute Gasteiger partial charge is 0.388 e. The molecule has 11 nitrogen and oxygen atoms in total. The Morgan fingerprint density at radius 1 is 1.14 bits per heavy atom. The summed E-state index contributed by atoms with van der Waals surface area (Å²) in [4.78, 5) is 30.1. The molecule has 0 spiro atoms. The van der Waals surface area contributed by atoms with Crippen LogP contribution >= 0.6 is 11.3 Å². The predicted octanol–water partition coefficient (Wildman–Crippen LogP) is 0.995. The molecule has 1 atom stereocenters. The van der Waals surface area contributed by atoms with Gasteiger partial charge in [0.15, 0.2) is 5.84 Å². The Bertz CT molecular complexity index is 1680. The normalized spacial score (nSPS) is 20.4. The SMILES string of the molecule is CCCc1c(Cc2ccc(-c3ccccc3C3=NC(O)ON3)s2)c(=O)n(C2CCC(OCC(C)(C)O)CC2)c2ncnn12.[K+]. The van der Waals surface area contributed by atoms with E-state index in [0.717, 1.165) is 70.7 Å². The first-order chi connectivity index (χ1) is 20.7. The van der Waals surface area contributed by atoms with E-state index in [4.69, 9.17) is 9.57 Å². The molecule has 1 unspecified atom stereocenters. The number of aliphatic imine (C=N–C) groups is 1. The molecule has 44 heavy (non-hydrogen) atoms. The number of aliphatic hydroxyl groups is 2. The number of ether oxygens (including phenoxy) is 1. The minimum atomic E-state index is -1.23. The molecule has 228 valence electrons. The Morgan fingerprint density at radius 3 is 2.57 bits per heavy atom. The first-order valence-corrected chi connectivity index (χ1v) is 15.7. The number of rotatable bonds is 10. The van der Waals surface area contributed by atoms with Crippen LogP contribution in [0.25, 0.3) is 16.2 Å². The summed E-state index contributed by atoms with van der Waals surface area (Å²) in [6.07, 6.45) is 5.67. The number of fused-ring (bicyclic) bond motifs is 1. The van der Waals surface area contributed by atoms with Gasteiger partial charge in [0.1, 0.15) is 6.33 Å². The van der Waals surface area contributed by atoms with Crippen molar-refractivity contribution in [2.75, 3.05) is 6.61 Å². The van der Waals surface area contributed by atoms with E-state index >= 15 is 0 Å². The fraction of sp³-hybridized carbons (Fsp3) is 0.484. The van der Waals surface area contributed by atoms with Gasteiger partial charge in [-0.3, -0.25) is 9.36 Å². The summed E-state index contributed by atoms with van der Waals surface area (Å²) in [6.45, 7) is 5.89. The second-order valence-corrected chi connectivity index (χ2v) is 13.1. The number of aryl methyl sites for hydroxylation is 1. The van der Waals surface area contributed by atoms with E-state index in [2.05, 4.69) is 39.6 Å². The average molecular weight is 646 g/mol. The van der Waals surface area contributed by atoms with Crippen LogP contribution in [0.5, 0.6) is 0 Å². The van der Waals surface area contributed by atoms with E-state index in [1.54, 1.807) is 25.2 Å². The Kier molecular flexibility index (Phi) is 10.9. The molecule has 2 aliphatic rings. The second kappa shape index (κ2) is 14.3. The van der Waals surface area contributed by atoms with Crippen molar-refractivity contribution in [2.45, 2.75) is 89.9 Å². The van der Waals surface area contributed by atoms with Gasteiger partial charge in [-0.2, -0.15) is 10.1 Å². The number of nitrogens with zero attached hydrogens (tertiary/aromatic N) is 5. The third kappa shape index (κ3) is 7.27. The van der Waals surface area contributed by atoms with Crippen molar-refractivity contribution in [3.8, 4) is 10.4 Å². The van der Waals surface area contributed by atoms with E-state index in [1.807, 2.05) is 33.3 Å². The fourth-order valence-corrected chi connectivity index (χ4v) is 7.02. The maximum atomic E-state index is 14.3. The monoisotopic (exact) mass is 645 g/mol. The molecule has 0 saturated heterocycles. The van der Waals surface area contributed by atoms with Gasteiger partial charge in [-0.1, -0.05) is 37.6 Å². The topological polar surface area (TPSA) is 136 Å². The summed E-state index contributed by atoms with van der Waals surface area (Å²) >= 11 is 1.63. The van der Waals surface area contributed by atoms with E-state index in [-0.39, 0.29) is 69.1 Å². The van der Waals surface area contributed by atoms with Gasteiger partial charge in [-0.25, -0.2) is 19.8 Å². The van der Waals surface area contributed by atoms with Gasteiger partial charge < -0.3 is 14.9 Å². The molecule has 1 saturated carbocycles. The van der Waals surface area contributed by atoms with Crippen molar-refractivity contribution in [3.63, 3.8) is 0 Å². The Morgan fingerprint density at radius 2 is 1.89 bits per heavy atom. The minimum Gasteiger partial charge on any atom is -0.388 e. The van der Waals surface area contributed by atoms with E-state index < -0.39 is 12.0 Å². The molecule has 3 aromatic heterocycles. The van der Waals surface area contributed by atoms with Crippen LogP contribution in [-0.2, 0) is 22.4 Å². The molecule has 1 fully saturated rings. The van der Waals surface area contributed by atoms with Crippen LogP contribution in [0.15, 0.2) is 52.5 Å². The fourth-order valence-electron chi connectivity index (χ4n) is 5.96. The number of thiophene rings is 1. The predicted molar refractivity (Wildman–Crippen MR) is 164 cm³/mol. The zero-order valence-electron chi connectivity index (χ0n) is 25.7. The molecule has 4 aromatic rings. The Hall–Kier alpha value is -1.78. The first kappa shape index (κ1) is 33.6. The standard InChI is InChI=1S/C31H38N6O5S.K/c1-4-7-25-24(16-21-14-15-26(43-21)22-8-5-6-9-23(22)27-34-30(39)42-35-27)28(38)36(29-32-18-33-37(25)29)19-10-12-20(13-11-19)41-17-31(2,3)40;/h5-6,8-9,14-15,18-20,30,39-40H,4,7,10-13,16-17H2,1-3H3,(H,34,35);/q;+1. The van der Waals surface area contributed by atoms with Crippen LogP contribution in [0.4, 0.5) is 0 Å². The van der Waals surface area contributed by atoms with Crippen LogP contribution < -0.4 is 62.4 Å². The third-order valence-electron chi connectivity index (χ3n) is 7.95. The molecular weight excluding hydrogens is 608 g/mol. The number of hydrogen-bond donors (Lipinski definition) is 3. The molecule has 0 bridgehead atoms. The van der Waals surface area contributed by atoms with E-state index in [9.17, 15) is 15.0 Å². The third-order valence-corrected chi connectivity index (χ3v) is 9.07. The number of amidine groups is 1. The summed E-state index contributed by atoms with van der Waals surface area (Å²) in [5, 5.41) is 24.3. The number of hydroxylamine groups is 1. The quantitative estimate of drug-likeness (QED) is 0.218. The number of aromatic nitrogens is 4. The summed E-state index contributed by atoms with van der Waals surface area (Å²) in [7, 11) is 0. The number of nitrogens with one attached hydrogen (secondary N) is 1. The second-order valence-electron chi connectivity index (χ2n) is 11.9. The van der Waals surface area contributed by atoms with Gasteiger partial charge in [-0.15, -0.1) is 11.3 Å². The van der Waals surface area contributed by atoms with Crippen LogP contribution in [0, 0.1) is 0 Å². The summed E-state index contributed by atoms with van der Waals surface area (Å²) in [5.74, 6) is 1.07. The molecule has 1 aliphatic heterocycles. The van der Waals surface area contributed by atoms with Gasteiger partial charge in [0, 0.05) is 38.9 Å². The van der Waals surface area contributed by atoms with Crippen LogP contribution in [0.3, 0.4) is 0 Å². The Labute approximate surface area is 302 Å². The summed E-state index contributed by atoms with van der Waals surface area (Å²) in [5.41, 5.74) is 5.28. The van der Waals surface area contributed by atoms with Crippen LogP contribution in [0.2, 0.25) is 0 Å². The van der Waals surface area contributed by atoms with E-state index in [0.29, 0.717) is 24.6 Å². The molecule has 3 N–H and O–H groups in total. The molecular formula is C31H38KN6O5S+. The van der Waals surface area contributed by atoms with Gasteiger partial charge in [0.2, 0.25) is 5.78 Å². The van der Waals surface area contributed by atoms with Crippen molar-refractivity contribution in [2.24, 2.45) is 4.99 Å². The van der Waals surface area contributed by atoms with E-state index in [1.165, 1.54) is 6.33 Å². The molecule has 13 heteroatoms. The number of aliphatic hydroxyl groups excluding tert-OH is 1. The molecule has 6 rings (SSSR count). The van der Waals surface area contributed by atoms with Crippen LogP contribution in [0.1, 0.15) is 80.6 Å². The molecule has 4 heterocycles. The summed E-state index contributed by atoms with van der Waals surface area (Å²) in [6, 6.07) is 12.0. The molecule has 0 amide bonds. The number of hydrogen-bond acceptors (Lipinski definition) is 10. The van der Waals surface area contributed by atoms with Gasteiger partial charge in [0.25, 0.3) is 12.0 Å². The Balaban J connectivity index is 0.00000384. The number of benzene rings is 1. The zero-order valence-corrected chi connectivity index (χ0v) is 29.6. The maximum absolute atomic E-state index is 14.3. The first-order valence-electron chi connectivity index (χ1n) is 14.9. The van der Waals surface area contributed by atoms with Crippen LogP contribution in [-0.4, -0.2) is 59.9 Å². The molecule has 0 radical (unpaired) electrons. The molecule has 1 aliphatic carbocycles. The van der Waals surface area contributed by atoms with Crippen molar-refractivity contribution in [1.82, 2.24) is 24.6 Å². The maximum Gasteiger partial charge on any atom is 1.00 e.